The summed E-state index contributed by atoms with van der Waals surface area (Å²) in [5.41, 5.74) is 3.33. The number of amides is 1. The summed E-state index contributed by atoms with van der Waals surface area (Å²) in [5, 5.41) is 10.6. The topological polar surface area (TPSA) is 96.9 Å². The van der Waals surface area contributed by atoms with Gasteiger partial charge in [0, 0.05) is 23.6 Å². The minimum Gasteiger partial charge on any atom is -0.361 e. The first kappa shape index (κ1) is 20.0. The minimum atomic E-state index is -3.06. The number of carbonyl (C=O) groups excluding carboxylic acids is 1. The van der Waals surface area contributed by atoms with E-state index in [0.717, 1.165) is 27.0 Å². The van der Waals surface area contributed by atoms with E-state index < -0.39 is 9.84 Å². The van der Waals surface area contributed by atoms with Crippen LogP contribution in [0.25, 0.3) is 21.5 Å². The van der Waals surface area contributed by atoms with Crippen LogP contribution in [-0.2, 0) is 16.3 Å². The second kappa shape index (κ2) is 7.97. The van der Waals surface area contributed by atoms with Gasteiger partial charge >= 0.3 is 0 Å². The number of sulfone groups is 1. The Hall–Kier alpha value is -2.91. The molecule has 1 aliphatic heterocycles. The number of aromatic nitrogens is 3. The molecule has 1 aromatic carbocycles. The molecule has 31 heavy (non-hydrogen) atoms. The number of fused-ring (bicyclic) bond motifs is 1. The number of rotatable bonds is 6. The SMILES string of the molecule is O=C(NCCc1c[nH]c2ccccc12)c1cc(-c2cccs2)n([C@H]2CCS(=O)(=O)C2)n1. The molecule has 9 heteroatoms. The molecule has 160 valence electrons. The highest BCUT2D eigenvalue weighted by atomic mass is 32.2. The van der Waals surface area contributed by atoms with Crippen molar-refractivity contribution in [3.63, 3.8) is 0 Å². The average molecular weight is 455 g/mol. The third-order valence-corrected chi connectivity index (χ3v) is 8.29. The van der Waals surface area contributed by atoms with Crippen LogP contribution in [0.4, 0.5) is 0 Å². The number of carbonyl (C=O) groups is 1. The van der Waals surface area contributed by atoms with Gasteiger partial charge < -0.3 is 10.3 Å². The molecule has 0 bridgehead atoms. The second-order valence-corrected chi connectivity index (χ2v) is 10.9. The lowest BCUT2D eigenvalue weighted by Crippen LogP contribution is -2.26. The van der Waals surface area contributed by atoms with Gasteiger partial charge in [0.2, 0.25) is 0 Å². The zero-order valence-electron chi connectivity index (χ0n) is 16.7. The van der Waals surface area contributed by atoms with Crippen molar-refractivity contribution in [1.29, 1.82) is 0 Å². The van der Waals surface area contributed by atoms with Gasteiger partial charge in [-0.05, 0) is 42.0 Å². The van der Waals surface area contributed by atoms with Crippen molar-refractivity contribution in [2.75, 3.05) is 18.1 Å². The van der Waals surface area contributed by atoms with Crippen LogP contribution in [0.3, 0.4) is 0 Å². The summed E-state index contributed by atoms with van der Waals surface area (Å²) in [6.45, 7) is 0.486. The fourth-order valence-corrected chi connectivity index (χ4v) is 6.53. The van der Waals surface area contributed by atoms with Crippen LogP contribution in [0, 0.1) is 0 Å². The summed E-state index contributed by atoms with van der Waals surface area (Å²) in [7, 11) is -3.06. The molecule has 7 nitrogen and oxygen atoms in total. The van der Waals surface area contributed by atoms with Crippen molar-refractivity contribution in [1.82, 2.24) is 20.1 Å². The quantitative estimate of drug-likeness (QED) is 0.466. The predicted molar refractivity (Wildman–Crippen MR) is 122 cm³/mol. The molecule has 0 saturated carbocycles. The monoisotopic (exact) mass is 454 g/mol. The van der Waals surface area contributed by atoms with Crippen LogP contribution in [0.5, 0.6) is 0 Å². The Kier molecular flexibility index (Phi) is 5.15. The smallest absolute Gasteiger partial charge is 0.271 e. The van der Waals surface area contributed by atoms with Crippen molar-refractivity contribution in [3.8, 4) is 10.6 Å². The summed E-state index contributed by atoms with van der Waals surface area (Å²) in [6, 6.07) is 13.5. The Labute approximate surface area is 184 Å². The van der Waals surface area contributed by atoms with E-state index in [1.807, 2.05) is 41.9 Å². The van der Waals surface area contributed by atoms with Crippen molar-refractivity contribution >= 4 is 38.0 Å². The van der Waals surface area contributed by atoms with Gasteiger partial charge in [0.05, 0.1) is 28.1 Å². The molecule has 0 unspecified atom stereocenters. The van der Waals surface area contributed by atoms with Crippen LogP contribution in [0.15, 0.2) is 54.0 Å². The summed E-state index contributed by atoms with van der Waals surface area (Å²) in [5.74, 6) is -0.0281. The number of para-hydroxylation sites is 1. The molecule has 1 aliphatic rings. The first-order valence-electron chi connectivity index (χ1n) is 10.2. The highest BCUT2D eigenvalue weighted by Gasteiger charge is 2.32. The van der Waals surface area contributed by atoms with E-state index in [9.17, 15) is 13.2 Å². The Morgan fingerprint density at radius 2 is 2.13 bits per heavy atom. The lowest BCUT2D eigenvalue weighted by atomic mass is 10.1. The molecule has 0 spiro atoms. The normalized spacial score (nSPS) is 17.9. The summed E-state index contributed by atoms with van der Waals surface area (Å²) < 4.78 is 25.7. The third-order valence-electron chi connectivity index (χ3n) is 5.65. The van der Waals surface area contributed by atoms with Gasteiger partial charge in [0.1, 0.15) is 0 Å². The van der Waals surface area contributed by atoms with Crippen molar-refractivity contribution in [2.45, 2.75) is 18.9 Å². The van der Waals surface area contributed by atoms with E-state index >= 15 is 0 Å². The van der Waals surface area contributed by atoms with Crippen molar-refractivity contribution in [3.05, 3.63) is 65.3 Å². The fourth-order valence-electron chi connectivity index (χ4n) is 4.10. The van der Waals surface area contributed by atoms with Gasteiger partial charge in [-0.25, -0.2) is 8.42 Å². The molecule has 5 rings (SSSR count). The molecule has 4 heterocycles. The maximum atomic E-state index is 12.8. The van der Waals surface area contributed by atoms with E-state index in [1.165, 1.54) is 0 Å². The van der Waals surface area contributed by atoms with Gasteiger partial charge in [-0.3, -0.25) is 9.48 Å². The van der Waals surface area contributed by atoms with Crippen LogP contribution in [-0.4, -0.2) is 47.1 Å². The highest BCUT2D eigenvalue weighted by molar-refractivity contribution is 7.91. The molecule has 0 radical (unpaired) electrons. The van der Waals surface area contributed by atoms with E-state index in [-0.39, 0.29) is 23.5 Å². The molecule has 1 atom stereocenters. The molecule has 3 aromatic heterocycles. The Morgan fingerprint density at radius 1 is 1.26 bits per heavy atom. The van der Waals surface area contributed by atoms with Gasteiger partial charge in [-0.2, -0.15) is 5.10 Å². The second-order valence-electron chi connectivity index (χ2n) is 7.76. The molecular weight excluding hydrogens is 432 g/mol. The Bertz CT molecular complexity index is 1340. The largest absolute Gasteiger partial charge is 0.361 e. The van der Waals surface area contributed by atoms with Crippen LogP contribution < -0.4 is 5.32 Å². The van der Waals surface area contributed by atoms with Crippen LogP contribution in [0.1, 0.15) is 28.5 Å². The number of nitrogens with one attached hydrogen (secondary N) is 2. The van der Waals surface area contributed by atoms with Gasteiger partial charge in [-0.1, -0.05) is 24.3 Å². The first-order chi connectivity index (χ1) is 15.0. The fraction of sp³-hybridized carbons (Fsp3) is 0.273. The Balaban J connectivity index is 1.33. The average Bonchev–Trinajstić information content (AvgIpc) is 3.53. The molecular formula is C22H22N4O3S2. The van der Waals surface area contributed by atoms with Crippen LogP contribution in [0.2, 0.25) is 0 Å². The van der Waals surface area contributed by atoms with E-state index in [4.69, 9.17) is 0 Å². The third kappa shape index (κ3) is 4.03. The van der Waals surface area contributed by atoms with Gasteiger partial charge in [0.15, 0.2) is 15.5 Å². The number of aromatic amines is 1. The van der Waals surface area contributed by atoms with Crippen molar-refractivity contribution in [2.24, 2.45) is 0 Å². The highest BCUT2D eigenvalue weighted by Crippen LogP contribution is 2.32. The standard InChI is InChI=1S/C22H22N4O3S2/c27-22(23-9-7-15-13-24-18-5-2-1-4-17(15)18)19-12-20(21-6-3-10-30-21)26(25-19)16-8-11-31(28,29)14-16/h1-6,10,12-13,16,24H,7-9,11,14H2,(H,23,27)/t16-/m0/s1. The molecule has 0 aliphatic carbocycles. The predicted octanol–water partition coefficient (Wildman–Crippen LogP) is 3.43. The molecule has 2 N–H and O–H groups in total. The number of benzene rings is 1. The zero-order valence-corrected chi connectivity index (χ0v) is 18.4. The first-order valence-corrected chi connectivity index (χ1v) is 12.9. The maximum absolute atomic E-state index is 12.8. The number of H-pyrrole nitrogens is 1. The number of hydrogen-bond donors (Lipinski definition) is 2. The molecule has 4 aromatic rings. The zero-order chi connectivity index (χ0) is 21.4. The van der Waals surface area contributed by atoms with Crippen LogP contribution >= 0.6 is 11.3 Å². The number of nitrogens with zero attached hydrogens (tertiary/aromatic N) is 2. The minimum absolute atomic E-state index is 0.0642. The summed E-state index contributed by atoms with van der Waals surface area (Å²) in [6.07, 6.45) is 3.19. The van der Waals surface area contributed by atoms with E-state index in [2.05, 4.69) is 21.5 Å². The summed E-state index contributed by atoms with van der Waals surface area (Å²) in [4.78, 5) is 17.0. The number of hydrogen-bond acceptors (Lipinski definition) is 5. The summed E-state index contributed by atoms with van der Waals surface area (Å²) >= 11 is 1.55. The van der Waals surface area contributed by atoms with E-state index in [0.29, 0.717) is 25.1 Å². The maximum Gasteiger partial charge on any atom is 0.271 e. The lowest BCUT2D eigenvalue weighted by molar-refractivity contribution is 0.0948. The number of thiophene rings is 1. The molecule has 1 fully saturated rings. The van der Waals surface area contributed by atoms with Gasteiger partial charge in [-0.15, -0.1) is 11.3 Å². The lowest BCUT2D eigenvalue weighted by Gasteiger charge is -2.12. The van der Waals surface area contributed by atoms with Gasteiger partial charge in [0.25, 0.3) is 5.91 Å². The Morgan fingerprint density at radius 3 is 2.90 bits per heavy atom. The van der Waals surface area contributed by atoms with Crippen molar-refractivity contribution < 1.29 is 13.2 Å². The molecule has 1 amide bonds. The molecule has 1 saturated heterocycles. The van der Waals surface area contributed by atoms with E-state index in [1.54, 1.807) is 22.1 Å².